The Balaban J connectivity index is 1.62. The van der Waals surface area contributed by atoms with E-state index in [9.17, 15) is 9.18 Å². The Bertz CT molecular complexity index is 848. The Kier molecular flexibility index (Phi) is 4.96. The van der Waals surface area contributed by atoms with Crippen LogP contribution in [0.5, 0.6) is 0 Å². The Labute approximate surface area is 146 Å². The molecule has 3 rings (SSSR count). The number of rotatable bonds is 5. The molecule has 0 bridgehead atoms. The summed E-state index contributed by atoms with van der Waals surface area (Å²) in [4.78, 5) is 17.6. The number of carbonyl (C=O) groups excluding carboxylic acids is 1. The fourth-order valence-corrected chi connectivity index (χ4v) is 3.34. The van der Waals surface area contributed by atoms with Gasteiger partial charge in [0.15, 0.2) is 5.82 Å². The molecular weight excluding hydrogens is 347 g/mol. The second-order valence-electron chi connectivity index (χ2n) is 5.16. The normalized spacial score (nSPS) is 12.1. The third-order valence-electron chi connectivity index (χ3n) is 3.31. The van der Waals surface area contributed by atoms with Crippen molar-refractivity contribution in [1.29, 1.82) is 0 Å². The number of halogens is 1. The molecule has 8 heteroatoms. The number of H-pyrrole nitrogens is 1. The minimum Gasteiger partial charge on any atom is -0.325 e. The SMILES string of the molecule is Cc1ccc(NC(=O)[C@H](C)Sc2n[nH]c(-c3cccs3)n2)cc1F. The summed E-state index contributed by atoms with van der Waals surface area (Å²) in [5, 5.41) is 11.7. The van der Waals surface area contributed by atoms with Gasteiger partial charge in [-0.25, -0.2) is 9.37 Å². The van der Waals surface area contributed by atoms with Gasteiger partial charge in [0.1, 0.15) is 5.82 Å². The molecule has 2 heterocycles. The zero-order valence-corrected chi connectivity index (χ0v) is 14.7. The first-order valence-corrected chi connectivity index (χ1v) is 8.99. The Morgan fingerprint density at radius 2 is 2.25 bits per heavy atom. The van der Waals surface area contributed by atoms with E-state index in [2.05, 4.69) is 20.5 Å². The number of thioether (sulfide) groups is 1. The van der Waals surface area contributed by atoms with Crippen molar-refractivity contribution in [3.63, 3.8) is 0 Å². The van der Waals surface area contributed by atoms with Crippen molar-refractivity contribution in [1.82, 2.24) is 15.2 Å². The number of carbonyl (C=O) groups is 1. The van der Waals surface area contributed by atoms with Crippen LogP contribution in [0.2, 0.25) is 0 Å². The number of hydrogen-bond donors (Lipinski definition) is 2. The number of aryl methyl sites for hydroxylation is 1. The number of anilines is 1. The Morgan fingerprint density at radius 1 is 1.42 bits per heavy atom. The van der Waals surface area contributed by atoms with Gasteiger partial charge in [0.25, 0.3) is 0 Å². The van der Waals surface area contributed by atoms with Crippen molar-refractivity contribution in [2.24, 2.45) is 0 Å². The molecule has 0 unspecified atom stereocenters. The van der Waals surface area contributed by atoms with Crippen LogP contribution in [0.15, 0.2) is 40.9 Å². The molecule has 24 heavy (non-hydrogen) atoms. The van der Waals surface area contributed by atoms with Crippen LogP contribution in [0.3, 0.4) is 0 Å². The first-order chi connectivity index (χ1) is 11.5. The summed E-state index contributed by atoms with van der Waals surface area (Å²) in [5.74, 6) is 0.106. The van der Waals surface area contributed by atoms with E-state index in [0.29, 0.717) is 22.2 Å². The standard InChI is InChI=1S/C16H15FN4OS2/c1-9-5-6-11(8-12(9)17)18-15(22)10(2)24-16-19-14(20-21-16)13-4-3-7-23-13/h3-8,10H,1-2H3,(H,18,22)(H,19,20,21)/t10-/m0/s1. The van der Waals surface area contributed by atoms with E-state index in [1.54, 1.807) is 37.3 Å². The molecule has 124 valence electrons. The van der Waals surface area contributed by atoms with Crippen LogP contribution < -0.4 is 5.32 Å². The van der Waals surface area contributed by atoms with E-state index < -0.39 is 5.25 Å². The molecule has 2 aromatic heterocycles. The van der Waals surface area contributed by atoms with Crippen molar-refractivity contribution in [3.05, 3.63) is 47.1 Å². The number of thiophene rings is 1. The van der Waals surface area contributed by atoms with Gasteiger partial charge in [0, 0.05) is 5.69 Å². The van der Waals surface area contributed by atoms with Crippen LogP contribution in [-0.2, 0) is 4.79 Å². The zero-order valence-electron chi connectivity index (χ0n) is 13.0. The average Bonchev–Trinajstić information content (AvgIpc) is 3.21. The first kappa shape index (κ1) is 16.7. The highest BCUT2D eigenvalue weighted by molar-refractivity contribution is 8.00. The van der Waals surface area contributed by atoms with Crippen molar-refractivity contribution in [2.45, 2.75) is 24.3 Å². The number of benzene rings is 1. The number of hydrogen-bond acceptors (Lipinski definition) is 5. The molecule has 3 aromatic rings. The molecule has 0 saturated carbocycles. The number of nitrogens with one attached hydrogen (secondary N) is 2. The van der Waals surface area contributed by atoms with Gasteiger partial charge in [-0.15, -0.1) is 16.4 Å². The monoisotopic (exact) mass is 362 g/mol. The summed E-state index contributed by atoms with van der Waals surface area (Å²) >= 11 is 2.80. The lowest BCUT2D eigenvalue weighted by Gasteiger charge is -2.10. The van der Waals surface area contributed by atoms with E-state index in [1.165, 1.54) is 17.8 Å². The quantitative estimate of drug-likeness (QED) is 0.671. The van der Waals surface area contributed by atoms with Crippen LogP contribution in [0.4, 0.5) is 10.1 Å². The zero-order chi connectivity index (χ0) is 17.1. The van der Waals surface area contributed by atoms with E-state index >= 15 is 0 Å². The molecule has 1 aromatic carbocycles. The highest BCUT2D eigenvalue weighted by Crippen LogP contribution is 2.26. The highest BCUT2D eigenvalue weighted by atomic mass is 32.2. The molecular formula is C16H15FN4OS2. The van der Waals surface area contributed by atoms with Gasteiger partial charge in [-0.2, -0.15) is 0 Å². The maximum atomic E-state index is 13.5. The van der Waals surface area contributed by atoms with Crippen LogP contribution >= 0.6 is 23.1 Å². The lowest BCUT2D eigenvalue weighted by atomic mass is 10.2. The maximum Gasteiger partial charge on any atom is 0.237 e. The number of aromatic nitrogens is 3. The Hall–Kier alpha value is -2.19. The summed E-state index contributed by atoms with van der Waals surface area (Å²) in [5.41, 5.74) is 0.974. The van der Waals surface area contributed by atoms with Gasteiger partial charge in [-0.3, -0.25) is 9.89 Å². The van der Waals surface area contributed by atoms with Crippen LogP contribution in [-0.4, -0.2) is 26.3 Å². The maximum absolute atomic E-state index is 13.5. The second-order valence-corrected chi connectivity index (χ2v) is 7.41. The molecule has 1 atom stereocenters. The number of aromatic amines is 1. The molecule has 0 spiro atoms. The van der Waals surface area contributed by atoms with Gasteiger partial charge in [0.2, 0.25) is 11.1 Å². The lowest BCUT2D eigenvalue weighted by Crippen LogP contribution is -2.22. The molecule has 0 aliphatic rings. The minimum atomic E-state index is -0.415. The highest BCUT2D eigenvalue weighted by Gasteiger charge is 2.18. The third-order valence-corrected chi connectivity index (χ3v) is 5.15. The summed E-state index contributed by atoms with van der Waals surface area (Å²) in [6.45, 7) is 3.43. The predicted molar refractivity (Wildman–Crippen MR) is 94.8 cm³/mol. The summed E-state index contributed by atoms with van der Waals surface area (Å²) in [6.07, 6.45) is 0. The molecule has 0 saturated heterocycles. The molecule has 5 nitrogen and oxygen atoms in total. The van der Waals surface area contributed by atoms with E-state index in [-0.39, 0.29) is 11.7 Å². The number of amides is 1. The van der Waals surface area contributed by atoms with Crippen LogP contribution in [0, 0.1) is 12.7 Å². The van der Waals surface area contributed by atoms with Gasteiger partial charge in [0.05, 0.1) is 10.1 Å². The fraction of sp³-hybridized carbons (Fsp3) is 0.188. The van der Waals surface area contributed by atoms with Gasteiger partial charge in [-0.05, 0) is 43.0 Å². The summed E-state index contributed by atoms with van der Waals surface area (Å²) < 4.78 is 13.5. The predicted octanol–water partition coefficient (Wildman–Crippen LogP) is 4.10. The fourth-order valence-electron chi connectivity index (χ4n) is 1.95. The smallest absolute Gasteiger partial charge is 0.237 e. The molecule has 0 aliphatic heterocycles. The van der Waals surface area contributed by atoms with E-state index in [1.807, 2.05) is 17.5 Å². The van der Waals surface area contributed by atoms with Gasteiger partial charge in [-0.1, -0.05) is 23.9 Å². The molecule has 0 radical (unpaired) electrons. The van der Waals surface area contributed by atoms with Crippen LogP contribution in [0.25, 0.3) is 10.7 Å². The summed E-state index contributed by atoms with van der Waals surface area (Å²) in [6, 6.07) is 8.50. The van der Waals surface area contributed by atoms with Crippen molar-refractivity contribution >= 4 is 34.7 Å². The van der Waals surface area contributed by atoms with E-state index in [4.69, 9.17) is 0 Å². The minimum absolute atomic E-state index is 0.231. The van der Waals surface area contributed by atoms with Gasteiger partial charge >= 0.3 is 0 Å². The average molecular weight is 362 g/mol. The van der Waals surface area contributed by atoms with Crippen molar-refractivity contribution in [2.75, 3.05) is 5.32 Å². The van der Waals surface area contributed by atoms with Gasteiger partial charge < -0.3 is 5.32 Å². The summed E-state index contributed by atoms with van der Waals surface area (Å²) in [7, 11) is 0. The largest absolute Gasteiger partial charge is 0.325 e. The second kappa shape index (κ2) is 7.14. The molecule has 0 aliphatic carbocycles. The molecule has 1 amide bonds. The topological polar surface area (TPSA) is 70.7 Å². The first-order valence-electron chi connectivity index (χ1n) is 7.23. The number of nitrogens with zero attached hydrogens (tertiary/aromatic N) is 2. The van der Waals surface area contributed by atoms with Crippen molar-refractivity contribution in [3.8, 4) is 10.7 Å². The lowest BCUT2D eigenvalue weighted by molar-refractivity contribution is -0.115. The molecule has 2 N–H and O–H groups in total. The van der Waals surface area contributed by atoms with E-state index in [0.717, 1.165) is 4.88 Å². The Morgan fingerprint density at radius 3 is 2.96 bits per heavy atom. The third kappa shape index (κ3) is 3.82. The molecule has 0 fully saturated rings. The van der Waals surface area contributed by atoms with Crippen LogP contribution in [0.1, 0.15) is 12.5 Å². The van der Waals surface area contributed by atoms with Crippen molar-refractivity contribution < 1.29 is 9.18 Å².